The Morgan fingerprint density at radius 1 is 1.23 bits per heavy atom. The summed E-state index contributed by atoms with van der Waals surface area (Å²) in [5, 5.41) is 29.1. The molecular formula is C18H21N7O. The number of nitrogens with zero attached hydrogens (tertiary/aromatic N) is 5. The van der Waals surface area contributed by atoms with Crippen LogP contribution in [0.2, 0.25) is 0 Å². The molecule has 3 aromatic rings. The van der Waals surface area contributed by atoms with Crippen molar-refractivity contribution in [3.05, 3.63) is 36.8 Å². The third kappa shape index (κ3) is 3.23. The highest BCUT2D eigenvalue weighted by Gasteiger charge is 2.19. The molecule has 0 spiro atoms. The first-order chi connectivity index (χ1) is 12.7. The summed E-state index contributed by atoms with van der Waals surface area (Å²) in [6.07, 6.45) is 6.21. The molecule has 8 nitrogen and oxygen atoms in total. The molecule has 0 saturated carbocycles. The molecule has 0 aliphatic carbocycles. The minimum absolute atomic E-state index is 0.0685. The molecule has 0 unspecified atom stereocenters. The first-order valence-corrected chi connectivity index (χ1v) is 8.75. The Morgan fingerprint density at radius 3 is 2.85 bits per heavy atom. The lowest BCUT2D eigenvalue weighted by Crippen LogP contribution is -2.50. The molecule has 3 N–H and O–H groups in total. The van der Waals surface area contributed by atoms with Gasteiger partial charge in [-0.05, 0) is 24.6 Å². The number of aromatic amines is 1. The Hall–Kier alpha value is -3.00. The summed E-state index contributed by atoms with van der Waals surface area (Å²) >= 11 is 0. The van der Waals surface area contributed by atoms with Gasteiger partial charge >= 0.3 is 0 Å². The summed E-state index contributed by atoms with van der Waals surface area (Å²) < 4.78 is 0. The van der Waals surface area contributed by atoms with E-state index in [0.29, 0.717) is 17.4 Å². The minimum atomic E-state index is 0.0685. The highest BCUT2D eigenvalue weighted by molar-refractivity contribution is 5.69. The van der Waals surface area contributed by atoms with Crippen LogP contribution in [0.4, 0.5) is 5.82 Å². The van der Waals surface area contributed by atoms with Crippen molar-refractivity contribution in [1.29, 1.82) is 0 Å². The second-order valence-corrected chi connectivity index (χ2v) is 6.36. The Kier molecular flexibility index (Phi) is 4.49. The molecular weight excluding hydrogens is 330 g/mol. The molecule has 1 saturated heterocycles. The van der Waals surface area contributed by atoms with Gasteiger partial charge in [-0.3, -0.25) is 5.10 Å². The zero-order valence-corrected chi connectivity index (χ0v) is 14.6. The van der Waals surface area contributed by atoms with Gasteiger partial charge in [0.25, 0.3) is 0 Å². The third-order valence-electron chi connectivity index (χ3n) is 4.66. The van der Waals surface area contributed by atoms with Crippen LogP contribution in [0, 0.1) is 0 Å². The van der Waals surface area contributed by atoms with Crippen molar-refractivity contribution in [1.82, 2.24) is 30.7 Å². The van der Waals surface area contributed by atoms with Crippen LogP contribution in [0.3, 0.4) is 0 Å². The molecule has 1 atom stereocenters. The molecule has 1 aliphatic rings. The van der Waals surface area contributed by atoms with Crippen LogP contribution in [-0.2, 0) is 0 Å². The quantitative estimate of drug-likeness (QED) is 0.659. The maximum Gasteiger partial charge on any atom is 0.151 e. The van der Waals surface area contributed by atoms with Gasteiger partial charge in [0.05, 0.1) is 6.20 Å². The predicted octanol–water partition coefficient (Wildman–Crippen LogP) is 1.82. The average molecular weight is 351 g/mol. The van der Waals surface area contributed by atoms with Crippen molar-refractivity contribution < 1.29 is 5.11 Å². The third-order valence-corrected chi connectivity index (χ3v) is 4.66. The lowest BCUT2D eigenvalue weighted by atomic mass is 10.1. The van der Waals surface area contributed by atoms with Gasteiger partial charge in [0.2, 0.25) is 0 Å². The van der Waals surface area contributed by atoms with Gasteiger partial charge in [0, 0.05) is 49.2 Å². The van der Waals surface area contributed by atoms with Gasteiger partial charge in [-0.25, -0.2) is 4.98 Å². The van der Waals surface area contributed by atoms with Crippen LogP contribution >= 0.6 is 0 Å². The number of H-pyrrole nitrogens is 1. The van der Waals surface area contributed by atoms with Crippen LogP contribution in [0.15, 0.2) is 36.8 Å². The number of pyridine rings is 1. The highest BCUT2D eigenvalue weighted by Crippen LogP contribution is 2.30. The lowest BCUT2D eigenvalue weighted by Gasteiger charge is -2.33. The van der Waals surface area contributed by atoms with Gasteiger partial charge in [0.1, 0.15) is 17.1 Å². The van der Waals surface area contributed by atoms with Gasteiger partial charge in [-0.2, -0.15) is 5.10 Å². The number of nitrogens with one attached hydrogen (secondary N) is 2. The van der Waals surface area contributed by atoms with Crippen molar-refractivity contribution in [2.24, 2.45) is 0 Å². The fourth-order valence-corrected chi connectivity index (χ4v) is 3.14. The fourth-order valence-electron chi connectivity index (χ4n) is 3.14. The van der Waals surface area contributed by atoms with Crippen LogP contribution in [0.1, 0.15) is 13.3 Å². The molecule has 1 aliphatic heterocycles. The summed E-state index contributed by atoms with van der Waals surface area (Å²) in [7, 11) is 0. The van der Waals surface area contributed by atoms with Crippen LogP contribution in [0.25, 0.3) is 22.5 Å². The number of hydrogen-bond acceptors (Lipinski definition) is 7. The Balaban J connectivity index is 1.55. The van der Waals surface area contributed by atoms with Crippen molar-refractivity contribution in [2.75, 3.05) is 24.5 Å². The second-order valence-electron chi connectivity index (χ2n) is 6.36. The number of piperazine rings is 1. The summed E-state index contributed by atoms with van der Waals surface area (Å²) in [4.78, 5) is 6.59. The van der Waals surface area contributed by atoms with Crippen molar-refractivity contribution >= 4 is 5.82 Å². The monoisotopic (exact) mass is 351 g/mol. The van der Waals surface area contributed by atoms with E-state index in [4.69, 9.17) is 0 Å². The van der Waals surface area contributed by atoms with E-state index in [1.54, 1.807) is 24.7 Å². The average Bonchev–Trinajstić information content (AvgIpc) is 3.23. The van der Waals surface area contributed by atoms with E-state index in [-0.39, 0.29) is 5.75 Å². The van der Waals surface area contributed by atoms with Crippen molar-refractivity contribution in [2.45, 2.75) is 19.4 Å². The van der Waals surface area contributed by atoms with Gasteiger partial charge in [-0.15, -0.1) is 10.2 Å². The molecule has 134 valence electrons. The summed E-state index contributed by atoms with van der Waals surface area (Å²) in [6.45, 7) is 4.96. The molecule has 8 heteroatoms. The van der Waals surface area contributed by atoms with Crippen molar-refractivity contribution in [3.63, 3.8) is 0 Å². The van der Waals surface area contributed by atoms with E-state index in [2.05, 4.69) is 42.5 Å². The summed E-state index contributed by atoms with van der Waals surface area (Å²) in [5.74, 6) is 0.919. The molecule has 3 aromatic heterocycles. The molecule has 1 fully saturated rings. The largest absolute Gasteiger partial charge is 0.506 e. The molecule has 0 radical (unpaired) electrons. The summed E-state index contributed by atoms with van der Waals surface area (Å²) in [6, 6.07) is 5.92. The SMILES string of the molecule is CC[C@H]1CN(c2ccc(-c3ncc(-c4cn[nH]c4)cc3O)nn2)CCN1. The Bertz CT molecular complexity index is 864. The molecule has 4 rings (SSSR count). The van der Waals surface area contributed by atoms with E-state index < -0.39 is 0 Å². The molecule has 0 amide bonds. The van der Waals surface area contributed by atoms with Crippen LogP contribution in [0.5, 0.6) is 5.75 Å². The normalized spacial score (nSPS) is 17.4. The van der Waals surface area contributed by atoms with E-state index in [1.807, 2.05) is 12.1 Å². The second kappa shape index (κ2) is 7.09. The highest BCUT2D eigenvalue weighted by atomic mass is 16.3. The topological polar surface area (TPSA) is 103 Å². The standard InChI is InChI=1S/C18H21N7O/c1-2-14-11-25(6-5-19-14)17-4-3-15(23-24-17)18-16(26)7-12(8-20-18)13-9-21-22-10-13/h3-4,7-10,14,19,26H,2,5-6,11H2,1H3,(H,21,22)/t14-/m0/s1. The number of hydrogen-bond donors (Lipinski definition) is 3. The molecule has 4 heterocycles. The molecule has 0 bridgehead atoms. The number of aromatic hydroxyl groups is 1. The van der Waals surface area contributed by atoms with E-state index in [9.17, 15) is 5.11 Å². The Labute approximate surface area is 151 Å². The first kappa shape index (κ1) is 16.5. The maximum absolute atomic E-state index is 10.3. The predicted molar refractivity (Wildman–Crippen MR) is 98.8 cm³/mol. The van der Waals surface area contributed by atoms with Gasteiger partial charge in [-0.1, -0.05) is 6.92 Å². The minimum Gasteiger partial charge on any atom is -0.506 e. The van der Waals surface area contributed by atoms with Gasteiger partial charge in [0.15, 0.2) is 5.82 Å². The summed E-state index contributed by atoms with van der Waals surface area (Å²) in [5.41, 5.74) is 2.62. The van der Waals surface area contributed by atoms with Crippen LogP contribution in [-0.4, -0.2) is 56.2 Å². The zero-order valence-electron chi connectivity index (χ0n) is 14.6. The Morgan fingerprint density at radius 2 is 2.15 bits per heavy atom. The smallest absolute Gasteiger partial charge is 0.151 e. The number of aromatic nitrogens is 5. The van der Waals surface area contributed by atoms with E-state index >= 15 is 0 Å². The number of rotatable bonds is 4. The van der Waals surface area contributed by atoms with Gasteiger partial charge < -0.3 is 15.3 Å². The van der Waals surface area contributed by atoms with E-state index in [1.165, 1.54) is 0 Å². The van der Waals surface area contributed by atoms with Crippen LogP contribution < -0.4 is 10.2 Å². The van der Waals surface area contributed by atoms with E-state index in [0.717, 1.165) is 43.0 Å². The molecule has 26 heavy (non-hydrogen) atoms. The molecule has 0 aromatic carbocycles. The number of anilines is 1. The lowest BCUT2D eigenvalue weighted by molar-refractivity contribution is 0.444. The first-order valence-electron chi connectivity index (χ1n) is 8.75. The fraction of sp³-hybridized carbons (Fsp3) is 0.333. The van der Waals surface area contributed by atoms with Crippen molar-refractivity contribution in [3.8, 4) is 28.3 Å². The zero-order chi connectivity index (χ0) is 17.9. The maximum atomic E-state index is 10.3.